The Hall–Kier alpha value is -1.88. The van der Waals surface area contributed by atoms with Crippen LogP contribution in [0.4, 0.5) is 5.69 Å². The Morgan fingerprint density at radius 3 is 2.57 bits per heavy atom. The van der Waals surface area contributed by atoms with E-state index in [-0.39, 0.29) is 12.5 Å². The number of carbonyl (C=O) groups is 1. The van der Waals surface area contributed by atoms with Crippen LogP contribution in [0.1, 0.15) is 25.2 Å². The number of amides is 1. The fourth-order valence-electron chi connectivity index (χ4n) is 1.62. The third-order valence-electron chi connectivity index (χ3n) is 2.55. The topological polar surface area (TPSA) is 69.7 Å². The van der Waals surface area contributed by atoms with Crippen molar-refractivity contribution in [2.75, 3.05) is 19.0 Å². The van der Waals surface area contributed by atoms with E-state index >= 15 is 0 Å². The summed E-state index contributed by atoms with van der Waals surface area (Å²) >= 11 is 0. The van der Waals surface area contributed by atoms with Gasteiger partial charge in [-0.25, -0.2) is 14.8 Å². The predicted molar refractivity (Wildman–Crippen MR) is 91.7 cm³/mol. The number of nitrogens with zero attached hydrogens (tertiary/aromatic N) is 1. The van der Waals surface area contributed by atoms with Crippen LogP contribution in [-0.4, -0.2) is 32.7 Å². The Kier molecular flexibility index (Phi) is 7.23. The molecule has 1 amide bonds. The molecule has 1 N–H and O–H groups in total. The van der Waals surface area contributed by atoms with Gasteiger partial charge in [0, 0.05) is 13.0 Å². The highest BCUT2D eigenvalue weighted by molar-refractivity contribution is 6.83. The summed E-state index contributed by atoms with van der Waals surface area (Å²) in [5, 5.41) is 2.74. The molecular formula is C16H24N2O4Si. The van der Waals surface area contributed by atoms with Crippen LogP contribution in [0.25, 0.3) is 0 Å². The van der Waals surface area contributed by atoms with Gasteiger partial charge in [0.2, 0.25) is 5.91 Å². The van der Waals surface area contributed by atoms with E-state index in [0.717, 1.165) is 0 Å². The number of hydrogen-bond acceptors (Lipinski definition) is 5. The quantitative estimate of drug-likeness (QED) is 0.284. The summed E-state index contributed by atoms with van der Waals surface area (Å²) < 4.78 is 5.31. The summed E-state index contributed by atoms with van der Waals surface area (Å²) in [7, 11) is -0.0405. The second-order valence-electron chi connectivity index (χ2n) is 5.88. The third-order valence-corrected chi connectivity index (χ3v) is 3.42. The number of rotatable bonds is 6. The molecule has 126 valence electrons. The predicted octanol–water partition coefficient (Wildman–Crippen LogP) is 2.75. The maximum atomic E-state index is 11.4. The number of aromatic nitrogens is 1. The SMILES string of the molecule is CCOOCc1nc(C#C[Si](C)(C)C)c(NC(C)=O)cc1OC. The third kappa shape index (κ3) is 6.82. The van der Waals surface area contributed by atoms with Gasteiger partial charge in [-0.05, 0) is 6.92 Å². The van der Waals surface area contributed by atoms with Crippen LogP contribution in [0.2, 0.25) is 19.6 Å². The first kappa shape index (κ1) is 19.2. The van der Waals surface area contributed by atoms with Crippen molar-refractivity contribution in [2.24, 2.45) is 0 Å². The molecule has 0 saturated carbocycles. The van der Waals surface area contributed by atoms with E-state index in [1.165, 1.54) is 14.0 Å². The molecule has 0 fully saturated rings. The van der Waals surface area contributed by atoms with Crippen LogP contribution in [0.5, 0.6) is 5.75 Å². The molecule has 0 unspecified atom stereocenters. The summed E-state index contributed by atoms with van der Waals surface area (Å²) in [6.07, 6.45) is 0. The zero-order valence-electron chi connectivity index (χ0n) is 14.6. The molecule has 0 spiro atoms. The van der Waals surface area contributed by atoms with E-state index in [4.69, 9.17) is 14.5 Å². The average molecular weight is 336 g/mol. The Bertz CT molecular complexity index is 615. The molecule has 1 rings (SSSR count). The zero-order chi connectivity index (χ0) is 17.5. The van der Waals surface area contributed by atoms with Crippen molar-refractivity contribution in [3.63, 3.8) is 0 Å². The second-order valence-corrected chi connectivity index (χ2v) is 10.6. The minimum absolute atomic E-state index is 0.138. The molecule has 0 aromatic carbocycles. The molecule has 0 radical (unpaired) electrons. The molecular weight excluding hydrogens is 312 g/mol. The van der Waals surface area contributed by atoms with Crippen LogP contribution in [0.3, 0.4) is 0 Å². The van der Waals surface area contributed by atoms with Gasteiger partial charge >= 0.3 is 0 Å². The fourth-order valence-corrected chi connectivity index (χ4v) is 2.11. The summed E-state index contributed by atoms with van der Waals surface area (Å²) in [5.41, 5.74) is 4.84. The lowest BCUT2D eigenvalue weighted by molar-refractivity contribution is -0.301. The summed E-state index contributed by atoms with van der Waals surface area (Å²) in [6, 6.07) is 1.70. The molecule has 1 aromatic heterocycles. The molecule has 1 heterocycles. The lowest BCUT2D eigenvalue weighted by Gasteiger charge is -2.12. The van der Waals surface area contributed by atoms with E-state index in [2.05, 4.69) is 41.4 Å². The number of hydrogen-bond donors (Lipinski definition) is 1. The number of ether oxygens (including phenoxy) is 1. The molecule has 0 bridgehead atoms. The van der Waals surface area contributed by atoms with Crippen molar-refractivity contribution < 1.29 is 19.3 Å². The van der Waals surface area contributed by atoms with Gasteiger partial charge in [0.1, 0.15) is 31.8 Å². The van der Waals surface area contributed by atoms with Crippen LogP contribution in [0, 0.1) is 11.5 Å². The summed E-state index contributed by atoms with van der Waals surface area (Å²) in [5.74, 6) is 3.39. The van der Waals surface area contributed by atoms with E-state index in [9.17, 15) is 4.79 Å². The molecule has 0 aliphatic heterocycles. The van der Waals surface area contributed by atoms with Crippen LogP contribution in [-0.2, 0) is 21.2 Å². The first-order valence-electron chi connectivity index (χ1n) is 7.40. The van der Waals surface area contributed by atoms with Gasteiger partial charge in [-0.3, -0.25) is 4.79 Å². The first-order chi connectivity index (χ1) is 10.8. The molecule has 0 aliphatic carbocycles. The number of methoxy groups -OCH3 is 1. The van der Waals surface area contributed by atoms with Crippen molar-refractivity contribution in [1.29, 1.82) is 0 Å². The molecule has 0 atom stereocenters. The zero-order valence-corrected chi connectivity index (χ0v) is 15.6. The van der Waals surface area contributed by atoms with Crippen molar-refractivity contribution in [3.05, 3.63) is 17.5 Å². The molecule has 0 aliphatic rings. The van der Waals surface area contributed by atoms with Gasteiger partial charge in [0.25, 0.3) is 0 Å². The van der Waals surface area contributed by atoms with E-state index in [0.29, 0.717) is 29.4 Å². The van der Waals surface area contributed by atoms with Gasteiger partial charge in [-0.15, -0.1) is 5.54 Å². The molecule has 23 heavy (non-hydrogen) atoms. The van der Waals surface area contributed by atoms with Gasteiger partial charge < -0.3 is 10.1 Å². The summed E-state index contributed by atoms with van der Waals surface area (Å²) in [6.45, 7) is 10.3. The lowest BCUT2D eigenvalue weighted by Crippen LogP contribution is -2.17. The molecule has 0 saturated heterocycles. The maximum absolute atomic E-state index is 11.4. The summed E-state index contributed by atoms with van der Waals surface area (Å²) in [4.78, 5) is 25.8. The van der Waals surface area contributed by atoms with E-state index < -0.39 is 8.07 Å². The Balaban J connectivity index is 3.27. The van der Waals surface area contributed by atoms with Gasteiger partial charge in [0.15, 0.2) is 0 Å². The minimum Gasteiger partial charge on any atom is -0.495 e. The lowest BCUT2D eigenvalue weighted by atomic mass is 10.2. The van der Waals surface area contributed by atoms with Crippen molar-refractivity contribution >= 4 is 19.7 Å². The van der Waals surface area contributed by atoms with Gasteiger partial charge in [-0.2, -0.15) is 0 Å². The van der Waals surface area contributed by atoms with Crippen LogP contribution >= 0.6 is 0 Å². The number of pyridine rings is 1. The first-order valence-corrected chi connectivity index (χ1v) is 10.9. The van der Waals surface area contributed by atoms with Crippen molar-refractivity contribution in [3.8, 4) is 17.2 Å². The molecule has 7 heteroatoms. The van der Waals surface area contributed by atoms with Gasteiger partial charge in [-0.1, -0.05) is 25.6 Å². The van der Waals surface area contributed by atoms with Crippen molar-refractivity contribution in [1.82, 2.24) is 4.98 Å². The smallest absolute Gasteiger partial charge is 0.221 e. The standard InChI is InChI=1S/C16H24N2O4Si/c1-7-21-22-11-15-16(20-3)10-14(17-12(2)19)13(18-15)8-9-23(4,5)6/h10H,7,11H2,1-6H3,(H,17,19). The Labute approximate surface area is 138 Å². The molecule has 1 aromatic rings. The monoisotopic (exact) mass is 336 g/mol. The maximum Gasteiger partial charge on any atom is 0.221 e. The number of carbonyl (C=O) groups excluding carboxylic acids is 1. The van der Waals surface area contributed by atoms with Crippen molar-refractivity contribution in [2.45, 2.75) is 40.1 Å². The fraction of sp³-hybridized carbons (Fsp3) is 0.500. The molecule has 6 nitrogen and oxygen atoms in total. The minimum atomic E-state index is -1.57. The average Bonchev–Trinajstić information content (AvgIpc) is 2.45. The highest BCUT2D eigenvalue weighted by Crippen LogP contribution is 2.25. The highest BCUT2D eigenvalue weighted by Gasteiger charge is 2.14. The van der Waals surface area contributed by atoms with Crippen LogP contribution < -0.4 is 10.1 Å². The normalized spacial score (nSPS) is 10.7. The highest BCUT2D eigenvalue weighted by atomic mass is 28.3. The largest absolute Gasteiger partial charge is 0.495 e. The second kappa shape index (κ2) is 8.67. The van der Waals surface area contributed by atoms with Crippen LogP contribution in [0.15, 0.2) is 6.07 Å². The number of nitrogens with one attached hydrogen (secondary N) is 1. The van der Waals surface area contributed by atoms with E-state index in [1.54, 1.807) is 6.07 Å². The Morgan fingerprint density at radius 1 is 1.35 bits per heavy atom. The number of anilines is 1. The Morgan fingerprint density at radius 2 is 2.04 bits per heavy atom. The van der Waals surface area contributed by atoms with Gasteiger partial charge in [0.05, 0.1) is 19.4 Å². The van der Waals surface area contributed by atoms with E-state index in [1.807, 2.05) is 6.92 Å².